The predicted octanol–water partition coefficient (Wildman–Crippen LogP) is 4.34. The summed E-state index contributed by atoms with van der Waals surface area (Å²) in [5.74, 6) is 0. The highest BCUT2D eigenvalue weighted by molar-refractivity contribution is 7.11. The molecule has 0 aliphatic heterocycles. The molecule has 0 aliphatic carbocycles. The molecule has 2 aromatic rings. The number of alkyl halides is 3. The van der Waals surface area contributed by atoms with E-state index in [1.165, 1.54) is 17.6 Å². The monoisotopic (exact) mass is 374 g/mol. The van der Waals surface area contributed by atoms with Gasteiger partial charge < -0.3 is 0 Å². The summed E-state index contributed by atoms with van der Waals surface area (Å²) in [6, 6.07) is 2.23. The Bertz CT molecular complexity index is 828. The maximum atomic E-state index is 12.8. The fraction of sp³-hybridized carbons (Fsp3) is 0.154. The molecule has 0 bridgehead atoms. The van der Waals surface area contributed by atoms with Gasteiger partial charge in [0.05, 0.1) is 21.6 Å². The van der Waals surface area contributed by atoms with Crippen LogP contribution >= 0.6 is 11.3 Å². The number of hydrazone groups is 1. The second kappa shape index (κ2) is 6.84. The van der Waals surface area contributed by atoms with Gasteiger partial charge in [0.25, 0.3) is 0 Å². The Morgan fingerprint density at radius 2 is 1.76 bits per heavy atom. The lowest BCUT2D eigenvalue weighted by molar-refractivity contribution is -0.392. The van der Waals surface area contributed by atoms with Crippen molar-refractivity contribution >= 4 is 34.6 Å². The largest absolute Gasteiger partial charge is 0.416 e. The Morgan fingerprint density at radius 1 is 1.20 bits per heavy atom. The quantitative estimate of drug-likeness (QED) is 0.475. The van der Waals surface area contributed by atoms with E-state index >= 15 is 0 Å². The van der Waals surface area contributed by atoms with E-state index in [-0.39, 0.29) is 12.1 Å². The van der Waals surface area contributed by atoms with E-state index in [9.17, 15) is 33.4 Å². The van der Waals surface area contributed by atoms with Crippen LogP contribution in [0.25, 0.3) is 0 Å². The summed E-state index contributed by atoms with van der Waals surface area (Å²) < 4.78 is 38.4. The molecule has 0 fully saturated rings. The minimum atomic E-state index is -4.97. The molecule has 1 aromatic carbocycles. The molecule has 0 aliphatic rings. The van der Waals surface area contributed by atoms with E-state index in [1.807, 2.05) is 0 Å². The van der Waals surface area contributed by atoms with Crippen molar-refractivity contribution in [3.63, 3.8) is 0 Å². The number of aryl methyl sites for hydroxylation is 1. The van der Waals surface area contributed by atoms with Crippen LogP contribution in [0.3, 0.4) is 0 Å². The maximum Gasteiger partial charge on any atom is 0.416 e. The lowest BCUT2D eigenvalue weighted by atomic mass is 10.1. The zero-order valence-corrected chi connectivity index (χ0v) is 13.2. The van der Waals surface area contributed by atoms with Gasteiger partial charge in [0.2, 0.25) is 5.69 Å². The molecule has 0 unspecified atom stereocenters. The van der Waals surface area contributed by atoms with Crippen LogP contribution in [0.4, 0.5) is 30.2 Å². The van der Waals surface area contributed by atoms with Crippen molar-refractivity contribution in [1.29, 1.82) is 0 Å². The molecule has 0 spiro atoms. The zero-order valence-electron chi connectivity index (χ0n) is 12.4. The van der Waals surface area contributed by atoms with E-state index in [4.69, 9.17) is 0 Å². The van der Waals surface area contributed by atoms with Gasteiger partial charge in [-0.05, 0) is 23.9 Å². The molecule has 2 rings (SSSR count). The Morgan fingerprint density at radius 3 is 2.16 bits per heavy atom. The standard InChI is InChI=1S/C13H9F3N4O4S/c1-7-2-3-25-11(7)6-17-18-12-9(19(21)22)4-8(13(14,15)16)5-10(12)20(23)24/h2-6,18H,1H3/b17-6-. The fourth-order valence-electron chi connectivity index (χ4n) is 1.85. The molecular formula is C13H9F3N4O4S. The number of hydrogen-bond acceptors (Lipinski definition) is 7. The first-order valence-electron chi connectivity index (χ1n) is 6.48. The third-order valence-corrected chi connectivity index (χ3v) is 4.03. The number of nitro benzene ring substituents is 2. The molecule has 0 amide bonds. The van der Waals surface area contributed by atoms with Gasteiger partial charge in [-0.1, -0.05) is 0 Å². The molecule has 0 saturated carbocycles. The molecule has 0 saturated heterocycles. The van der Waals surface area contributed by atoms with Gasteiger partial charge in [-0.15, -0.1) is 11.3 Å². The van der Waals surface area contributed by atoms with Crippen molar-refractivity contribution in [2.75, 3.05) is 5.43 Å². The molecule has 1 heterocycles. The van der Waals surface area contributed by atoms with E-state index in [1.54, 1.807) is 18.4 Å². The second-order valence-corrected chi connectivity index (χ2v) is 5.69. The van der Waals surface area contributed by atoms with Crippen LogP contribution in [0.5, 0.6) is 0 Å². The predicted molar refractivity (Wildman–Crippen MR) is 85.0 cm³/mol. The summed E-state index contributed by atoms with van der Waals surface area (Å²) in [4.78, 5) is 20.5. The van der Waals surface area contributed by atoms with E-state index in [0.29, 0.717) is 4.88 Å². The third-order valence-electron chi connectivity index (χ3n) is 3.08. The summed E-state index contributed by atoms with van der Waals surface area (Å²) >= 11 is 1.31. The fourth-order valence-corrected chi connectivity index (χ4v) is 2.64. The summed E-state index contributed by atoms with van der Waals surface area (Å²) in [5, 5.41) is 27.5. The smallest absolute Gasteiger partial charge is 0.266 e. The Balaban J connectivity index is 2.51. The van der Waals surface area contributed by atoms with Crippen LogP contribution in [0, 0.1) is 27.2 Å². The summed E-state index contributed by atoms with van der Waals surface area (Å²) in [7, 11) is 0. The topological polar surface area (TPSA) is 111 Å². The van der Waals surface area contributed by atoms with E-state index in [0.717, 1.165) is 5.56 Å². The van der Waals surface area contributed by atoms with Crippen LogP contribution in [0.1, 0.15) is 16.0 Å². The number of nitrogens with one attached hydrogen (secondary N) is 1. The number of halogens is 3. The van der Waals surface area contributed by atoms with Crippen molar-refractivity contribution in [1.82, 2.24) is 0 Å². The number of thiophene rings is 1. The molecule has 1 N–H and O–H groups in total. The molecule has 0 radical (unpaired) electrons. The van der Waals surface area contributed by atoms with Crippen LogP contribution < -0.4 is 5.43 Å². The summed E-state index contributed by atoms with van der Waals surface area (Å²) in [6.07, 6.45) is -3.70. The van der Waals surface area contributed by atoms with Gasteiger partial charge in [-0.2, -0.15) is 18.3 Å². The summed E-state index contributed by atoms with van der Waals surface area (Å²) in [6.45, 7) is 1.78. The zero-order chi connectivity index (χ0) is 18.8. The molecule has 25 heavy (non-hydrogen) atoms. The van der Waals surface area contributed by atoms with Crippen molar-refractivity contribution in [2.45, 2.75) is 13.1 Å². The summed E-state index contributed by atoms with van der Waals surface area (Å²) in [5.41, 5.74) is -1.44. The highest BCUT2D eigenvalue weighted by atomic mass is 32.1. The third kappa shape index (κ3) is 4.09. The van der Waals surface area contributed by atoms with Gasteiger partial charge in [0.1, 0.15) is 0 Å². The number of benzene rings is 1. The number of anilines is 1. The van der Waals surface area contributed by atoms with Gasteiger partial charge in [0, 0.05) is 17.0 Å². The molecular weight excluding hydrogens is 365 g/mol. The van der Waals surface area contributed by atoms with Crippen molar-refractivity contribution in [3.05, 3.63) is 59.8 Å². The first-order valence-corrected chi connectivity index (χ1v) is 7.36. The van der Waals surface area contributed by atoms with Crippen molar-refractivity contribution in [3.8, 4) is 0 Å². The molecule has 1 aromatic heterocycles. The number of hydrogen-bond donors (Lipinski definition) is 1. The van der Waals surface area contributed by atoms with Crippen LogP contribution in [0.15, 0.2) is 28.7 Å². The first-order chi connectivity index (χ1) is 11.6. The molecule has 12 heteroatoms. The maximum absolute atomic E-state index is 12.8. The van der Waals surface area contributed by atoms with Crippen molar-refractivity contribution < 1.29 is 23.0 Å². The Labute approximate surface area is 141 Å². The highest BCUT2D eigenvalue weighted by Gasteiger charge is 2.37. The number of rotatable bonds is 5. The lowest BCUT2D eigenvalue weighted by Gasteiger charge is -2.09. The van der Waals surface area contributed by atoms with Gasteiger partial charge in [0.15, 0.2) is 0 Å². The minimum Gasteiger partial charge on any atom is -0.266 e. The number of nitro groups is 2. The second-order valence-electron chi connectivity index (χ2n) is 4.74. The van der Waals surface area contributed by atoms with E-state index in [2.05, 4.69) is 10.5 Å². The van der Waals surface area contributed by atoms with Crippen LogP contribution in [-0.4, -0.2) is 16.1 Å². The van der Waals surface area contributed by atoms with Gasteiger partial charge >= 0.3 is 17.6 Å². The van der Waals surface area contributed by atoms with Crippen molar-refractivity contribution in [2.24, 2.45) is 5.10 Å². The SMILES string of the molecule is Cc1ccsc1/C=N\Nc1c([N+](=O)[O-])cc(C(F)(F)F)cc1[N+](=O)[O-]. The van der Waals surface area contributed by atoms with Gasteiger partial charge in [-0.3, -0.25) is 25.7 Å². The lowest BCUT2D eigenvalue weighted by Crippen LogP contribution is -2.09. The Kier molecular flexibility index (Phi) is 5.02. The van der Waals surface area contributed by atoms with E-state index < -0.39 is 38.6 Å². The first kappa shape index (κ1) is 18.3. The average molecular weight is 374 g/mol. The molecule has 8 nitrogen and oxygen atoms in total. The highest BCUT2D eigenvalue weighted by Crippen LogP contribution is 2.41. The molecule has 0 atom stereocenters. The molecule has 132 valence electrons. The number of nitrogens with zero attached hydrogens (tertiary/aromatic N) is 3. The van der Waals surface area contributed by atoms with Crippen LogP contribution in [0.2, 0.25) is 0 Å². The normalized spacial score (nSPS) is 11.7. The van der Waals surface area contributed by atoms with Crippen LogP contribution in [-0.2, 0) is 6.18 Å². The minimum absolute atomic E-state index is 0.223. The Hall–Kier alpha value is -3.02. The average Bonchev–Trinajstić information content (AvgIpc) is 2.91. The van der Waals surface area contributed by atoms with Gasteiger partial charge in [-0.25, -0.2) is 0 Å².